The molecule has 0 aliphatic heterocycles. The molecule has 0 radical (unpaired) electrons. The van der Waals surface area contributed by atoms with Gasteiger partial charge in [0.1, 0.15) is 0 Å². The number of carbonyl (C=O) groups is 1. The first-order valence-electron chi connectivity index (χ1n) is 4.76. The molecule has 78 valence electrons. The lowest BCUT2D eigenvalue weighted by molar-refractivity contribution is -0.124. The summed E-state index contributed by atoms with van der Waals surface area (Å²) in [6.45, 7) is 4.49. The van der Waals surface area contributed by atoms with Crippen LogP contribution < -0.4 is 0 Å². The van der Waals surface area contributed by atoms with Crippen molar-refractivity contribution >= 4 is 5.91 Å². The van der Waals surface area contributed by atoms with E-state index in [0.29, 0.717) is 6.54 Å². The van der Waals surface area contributed by atoms with Crippen LogP contribution >= 0.6 is 0 Å². The normalized spacial score (nSPS) is 9.47. The summed E-state index contributed by atoms with van der Waals surface area (Å²) in [5.74, 6) is -0.504. The number of aryl methyl sites for hydroxylation is 2. The smallest absolute Gasteiger partial charge is 0.325 e. The van der Waals surface area contributed by atoms with Gasteiger partial charge in [0.05, 0.1) is 0 Å². The highest BCUT2D eigenvalue weighted by Gasteiger charge is 2.08. The van der Waals surface area contributed by atoms with Gasteiger partial charge in [0, 0.05) is 13.6 Å². The Morgan fingerprint density at radius 1 is 1.47 bits per heavy atom. The van der Waals surface area contributed by atoms with Crippen LogP contribution in [0.3, 0.4) is 0 Å². The largest absolute Gasteiger partial charge is 0.329 e. The summed E-state index contributed by atoms with van der Waals surface area (Å²) in [5, 5.41) is 8.47. The molecule has 3 nitrogen and oxygen atoms in total. The third-order valence-corrected chi connectivity index (χ3v) is 2.35. The van der Waals surface area contributed by atoms with Crippen molar-refractivity contribution in [2.75, 3.05) is 7.05 Å². The van der Waals surface area contributed by atoms with E-state index in [1.807, 2.05) is 32.0 Å². The van der Waals surface area contributed by atoms with Gasteiger partial charge in [0.15, 0.2) is 6.07 Å². The molecule has 0 unspecified atom stereocenters. The molecule has 0 fully saturated rings. The zero-order valence-corrected chi connectivity index (χ0v) is 9.24. The average molecular weight is 202 g/mol. The SMILES string of the molecule is Cc1ccc(C)c(CN(C)C(=O)C#N)c1. The van der Waals surface area contributed by atoms with E-state index in [9.17, 15) is 4.79 Å². The summed E-state index contributed by atoms with van der Waals surface area (Å²) in [4.78, 5) is 12.5. The van der Waals surface area contributed by atoms with E-state index >= 15 is 0 Å². The fourth-order valence-corrected chi connectivity index (χ4v) is 1.38. The summed E-state index contributed by atoms with van der Waals surface area (Å²) >= 11 is 0. The van der Waals surface area contributed by atoms with Gasteiger partial charge >= 0.3 is 5.91 Å². The zero-order valence-electron chi connectivity index (χ0n) is 9.24. The molecule has 0 N–H and O–H groups in total. The maximum Gasteiger partial charge on any atom is 0.325 e. The summed E-state index contributed by atoms with van der Waals surface area (Å²) in [6.07, 6.45) is 0. The van der Waals surface area contributed by atoms with Crippen LogP contribution in [0.15, 0.2) is 18.2 Å². The van der Waals surface area contributed by atoms with E-state index < -0.39 is 5.91 Å². The van der Waals surface area contributed by atoms with Gasteiger partial charge in [-0.05, 0) is 25.0 Å². The molecule has 1 aromatic carbocycles. The maximum atomic E-state index is 11.1. The molecule has 0 bridgehead atoms. The van der Waals surface area contributed by atoms with Crippen LogP contribution in [-0.2, 0) is 11.3 Å². The van der Waals surface area contributed by atoms with Gasteiger partial charge in [-0.15, -0.1) is 0 Å². The summed E-state index contributed by atoms with van der Waals surface area (Å²) in [5.41, 5.74) is 3.38. The van der Waals surface area contributed by atoms with Crippen molar-refractivity contribution in [2.45, 2.75) is 20.4 Å². The Bertz CT molecular complexity index is 418. The number of hydrogen-bond donors (Lipinski definition) is 0. The molecule has 0 saturated heterocycles. The quantitative estimate of drug-likeness (QED) is 0.686. The van der Waals surface area contributed by atoms with Crippen LogP contribution in [0.1, 0.15) is 16.7 Å². The molecule has 0 aromatic heterocycles. The molecule has 0 saturated carbocycles. The number of benzene rings is 1. The average Bonchev–Trinajstić information content (AvgIpc) is 2.22. The van der Waals surface area contributed by atoms with Gasteiger partial charge < -0.3 is 4.90 Å². The lowest BCUT2D eigenvalue weighted by Crippen LogP contribution is -2.24. The number of hydrogen-bond acceptors (Lipinski definition) is 2. The van der Waals surface area contributed by atoms with Crippen molar-refractivity contribution in [3.63, 3.8) is 0 Å². The summed E-state index contributed by atoms with van der Waals surface area (Å²) in [6, 6.07) is 7.70. The molecular formula is C12H14N2O. The van der Waals surface area contributed by atoms with E-state index in [4.69, 9.17) is 5.26 Å². The van der Waals surface area contributed by atoms with Gasteiger partial charge in [-0.2, -0.15) is 5.26 Å². The monoisotopic (exact) mass is 202 g/mol. The predicted molar refractivity (Wildman–Crippen MR) is 58.0 cm³/mol. The van der Waals surface area contributed by atoms with Crippen molar-refractivity contribution < 1.29 is 4.79 Å². The van der Waals surface area contributed by atoms with Gasteiger partial charge in [-0.25, -0.2) is 0 Å². The minimum Gasteiger partial charge on any atom is -0.329 e. The van der Waals surface area contributed by atoms with E-state index in [1.54, 1.807) is 13.1 Å². The van der Waals surface area contributed by atoms with Crippen LogP contribution in [0.4, 0.5) is 0 Å². The third-order valence-electron chi connectivity index (χ3n) is 2.35. The van der Waals surface area contributed by atoms with Gasteiger partial charge in [0.2, 0.25) is 0 Å². The molecule has 15 heavy (non-hydrogen) atoms. The first-order valence-corrected chi connectivity index (χ1v) is 4.76. The molecule has 1 aromatic rings. The highest BCUT2D eigenvalue weighted by atomic mass is 16.2. The van der Waals surface area contributed by atoms with Crippen LogP contribution in [0, 0.1) is 25.2 Å². The van der Waals surface area contributed by atoms with Crippen molar-refractivity contribution in [3.8, 4) is 6.07 Å². The Hall–Kier alpha value is -1.82. The second-order valence-electron chi connectivity index (χ2n) is 3.70. The Balaban J connectivity index is 2.85. The molecule has 0 spiro atoms. The van der Waals surface area contributed by atoms with E-state index in [0.717, 1.165) is 16.7 Å². The third kappa shape index (κ3) is 2.81. The van der Waals surface area contributed by atoms with Gasteiger partial charge in [-0.3, -0.25) is 4.79 Å². The van der Waals surface area contributed by atoms with E-state index in [1.165, 1.54) is 4.90 Å². The number of carbonyl (C=O) groups excluding carboxylic acids is 1. The molecule has 0 heterocycles. The predicted octanol–water partition coefficient (Wildman–Crippen LogP) is 1.79. The Labute approximate surface area is 89.9 Å². The topological polar surface area (TPSA) is 44.1 Å². The van der Waals surface area contributed by atoms with Gasteiger partial charge in [0.25, 0.3) is 0 Å². The van der Waals surface area contributed by atoms with E-state index in [2.05, 4.69) is 0 Å². The number of rotatable bonds is 2. The standard InChI is InChI=1S/C12H14N2O/c1-9-4-5-10(2)11(6-9)8-14(3)12(15)7-13/h4-6H,8H2,1-3H3. The molecule has 0 aliphatic rings. The second kappa shape index (κ2) is 4.61. The highest BCUT2D eigenvalue weighted by molar-refractivity contribution is 5.90. The lowest BCUT2D eigenvalue weighted by atomic mass is 10.1. The Morgan fingerprint density at radius 2 is 2.13 bits per heavy atom. The fourth-order valence-electron chi connectivity index (χ4n) is 1.38. The minimum absolute atomic E-state index is 0.486. The van der Waals surface area contributed by atoms with Gasteiger partial charge in [-0.1, -0.05) is 23.8 Å². The first kappa shape index (κ1) is 11.3. The van der Waals surface area contributed by atoms with Crippen LogP contribution in [0.25, 0.3) is 0 Å². The van der Waals surface area contributed by atoms with Crippen molar-refractivity contribution in [1.82, 2.24) is 4.90 Å². The first-order chi connectivity index (χ1) is 7.04. The Morgan fingerprint density at radius 3 is 2.73 bits per heavy atom. The van der Waals surface area contributed by atoms with Crippen molar-refractivity contribution in [1.29, 1.82) is 5.26 Å². The van der Waals surface area contributed by atoms with Crippen molar-refractivity contribution in [2.24, 2.45) is 0 Å². The van der Waals surface area contributed by atoms with Crippen LogP contribution in [0.2, 0.25) is 0 Å². The molecule has 1 amide bonds. The minimum atomic E-state index is -0.504. The molecular weight excluding hydrogens is 188 g/mol. The van der Waals surface area contributed by atoms with Crippen molar-refractivity contribution in [3.05, 3.63) is 34.9 Å². The molecule has 0 atom stereocenters. The number of nitrogens with zero attached hydrogens (tertiary/aromatic N) is 2. The number of amides is 1. The van der Waals surface area contributed by atoms with Crippen LogP contribution in [0.5, 0.6) is 0 Å². The lowest BCUT2D eigenvalue weighted by Gasteiger charge is -2.15. The summed E-state index contributed by atoms with van der Waals surface area (Å²) < 4.78 is 0. The van der Waals surface area contributed by atoms with E-state index in [-0.39, 0.29) is 0 Å². The number of nitriles is 1. The summed E-state index contributed by atoms with van der Waals surface area (Å²) in [7, 11) is 1.63. The molecule has 3 heteroatoms. The second-order valence-corrected chi connectivity index (χ2v) is 3.70. The fraction of sp³-hybridized carbons (Fsp3) is 0.333. The highest BCUT2D eigenvalue weighted by Crippen LogP contribution is 2.12. The zero-order chi connectivity index (χ0) is 11.4. The maximum absolute atomic E-state index is 11.1. The van der Waals surface area contributed by atoms with Crippen LogP contribution in [-0.4, -0.2) is 17.9 Å². The molecule has 1 rings (SSSR count). The molecule has 0 aliphatic carbocycles. The Kier molecular flexibility index (Phi) is 3.46.